The van der Waals surface area contributed by atoms with Crippen LogP contribution in [0.3, 0.4) is 0 Å². The predicted molar refractivity (Wildman–Crippen MR) is 130 cm³/mol. The number of nitrogens with zero attached hydrogens (tertiary/aromatic N) is 2. The van der Waals surface area contributed by atoms with Gasteiger partial charge in [-0.2, -0.15) is 17.5 Å². The van der Waals surface area contributed by atoms with Gasteiger partial charge in [0.1, 0.15) is 6.29 Å². The van der Waals surface area contributed by atoms with E-state index < -0.39 is 27.9 Å². The van der Waals surface area contributed by atoms with Crippen LogP contribution in [0.5, 0.6) is 0 Å². The summed E-state index contributed by atoms with van der Waals surface area (Å²) in [6.45, 7) is 6.29. The van der Waals surface area contributed by atoms with Crippen LogP contribution in [0.25, 0.3) is 0 Å². The minimum absolute atomic E-state index is 0. The van der Waals surface area contributed by atoms with Crippen LogP contribution in [0.4, 0.5) is 13.2 Å². The van der Waals surface area contributed by atoms with Crippen LogP contribution in [-0.4, -0.2) is 69.1 Å². The molecule has 1 aliphatic rings. The summed E-state index contributed by atoms with van der Waals surface area (Å²) in [5.41, 5.74) is 0.0597. The fraction of sp³-hybridized carbons (Fsp3) is 0.696. The number of nitrogens with one attached hydrogen (secondary N) is 1. The Kier molecular flexibility index (Phi) is 12.0. The van der Waals surface area contributed by atoms with Gasteiger partial charge in [0.15, 0.2) is 0 Å². The molecular weight excluding hydrogens is 491 g/mol. The van der Waals surface area contributed by atoms with Gasteiger partial charge in [0.2, 0.25) is 10.0 Å². The maximum atomic E-state index is 12.9. The van der Waals surface area contributed by atoms with Crippen molar-refractivity contribution in [3.8, 4) is 0 Å². The Morgan fingerprint density at radius 2 is 1.85 bits per heavy atom. The Hall–Kier alpha value is -1.20. The van der Waals surface area contributed by atoms with Crippen LogP contribution >= 0.6 is 12.4 Å². The molecule has 1 aromatic rings. The van der Waals surface area contributed by atoms with Gasteiger partial charge in [-0.15, -0.1) is 12.4 Å². The summed E-state index contributed by atoms with van der Waals surface area (Å²) in [4.78, 5) is 13.1. The van der Waals surface area contributed by atoms with E-state index in [0.29, 0.717) is 31.0 Å². The minimum atomic E-state index is -4.33. The van der Waals surface area contributed by atoms with Gasteiger partial charge in [-0.25, -0.2) is 8.42 Å². The zero-order chi connectivity index (χ0) is 24.8. The van der Waals surface area contributed by atoms with Gasteiger partial charge < -0.3 is 10.1 Å². The molecule has 0 aliphatic carbocycles. The molecule has 0 saturated carbocycles. The Morgan fingerprint density at radius 3 is 2.38 bits per heavy atom. The molecule has 196 valence electrons. The smallest absolute Gasteiger partial charge is 0.314 e. The molecule has 2 rings (SSSR count). The Morgan fingerprint density at radius 1 is 1.24 bits per heavy atom. The second-order valence-corrected chi connectivity index (χ2v) is 11.3. The van der Waals surface area contributed by atoms with Crippen LogP contribution < -0.4 is 5.32 Å². The molecule has 1 N–H and O–H groups in total. The van der Waals surface area contributed by atoms with E-state index in [1.54, 1.807) is 6.07 Å². The van der Waals surface area contributed by atoms with Crippen LogP contribution in [-0.2, 0) is 27.4 Å². The summed E-state index contributed by atoms with van der Waals surface area (Å²) < 4.78 is 63.9. The molecule has 1 aliphatic heterocycles. The third-order valence-electron chi connectivity index (χ3n) is 6.71. The highest BCUT2D eigenvalue weighted by atomic mass is 35.5. The second kappa shape index (κ2) is 13.2. The molecule has 1 fully saturated rings. The van der Waals surface area contributed by atoms with Crippen molar-refractivity contribution in [2.24, 2.45) is 11.8 Å². The highest BCUT2D eigenvalue weighted by molar-refractivity contribution is 7.88. The maximum absolute atomic E-state index is 12.9. The molecule has 0 spiro atoms. The third kappa shape index (κ3) is 9.11. The molecule has 1 aromatic carbocycles. The van der Waals surface area contributed by atoms with Gasteiger partial charge in [0, 0.05) is 19.5 Å². The molecule has 0 amide bonds. The molecule has 6 nitrogen and oxygen atoms in total. The molecule has 0 radical (unpaired) electrons. The number of benzene rings is 1. The van der Waals surface area contributed by atoms with Crippen LogP contribution in [0, 0.1) is 11.8 Å². The highest BCUT2D eigenvalue weighted by Crippen LogP contribution is 2.30. The van der Waals surface area contributed by atoms with E-state index >= 15 is 0 Å². The number of sulfonamides is 1. The SMILES string of the molecule is CC(Cc1cccc(C(F)(F)F)c1)C(C)NCC1CCN(C(CC=O)N(C)S(C)(=O)=O)CC1.Cl. The van der Waals surface area contributed by atoms with Gasteiger partial charge in [-0.1, -0.05) is 25.1 Å². The van der Waals surface area contributed by atoms with E-state index in [4.69, 9.17) is 0 Å². The Balaban J connectivity index is 0.00000578. The standard InChI is InChI=1S/C23H36F3N3O3S.ClH/c1-17(14-20-6-5-7-21(15-20)23(24,25)26)18(2)27-16-19-8-11-29(12-9-19)22(10-13-30)28(3)33(4,31)32;/h5-7,13,15,17-19,22,27H,8-12,14,16H2,1-4H3;1H. The number of hydrogen-bond acceptors (Lipinski definition) is 5. The van der Waals surface area contributed by atoms with E-state index in [0.717, 1.165) is 38.0 Å². The quantitative estimate of drug-likeness (QED) is 0.443. The van der Waals surface area contributed by atoms with E-state index in [1.165, 1.54) is 23.5 Å². The number of alkyl halides is 3. The van der Waals surface area contributed by atoms with Gasteiger partial charge >= 0.3 is 6.18 Å². The number of piperidine rings is 1. The topological polar surface area (TPSA) is 69.7 Å². The summed E-state index contributed by atoms with van der Waals surface area (Å²) >= 11 is 0. The summed E-state index contributed by atoms with van der Waals surface area (Å²) in [6.07, 6.45) is -0.435. The van der Waals surface area contributed by atoms with Crippen LogP contribution in [0.1, 0.15) is 44.2 Å². The number of rotatable bonds is 11. The number of carbonyl (C=O) groups is 1. The first-order chi connectivity index (χ1) is 15.3. The Labute approximate surface area is 207 Å². The predicted octanol–water partition coefficient (Wildman–Crippen LogP) is 3.80. The lowest BCUT2D eigenvalue weighted by Crippen LogP contribution is -2.52. The monoisotopic (exact) mass is 527 g/mol. The van der Waals surface area contributed by atoms with Crippen molar-refractivity contribution in [3.63, 3.8) is 0 Å². The van der Waals surface area contributed by atoms with E-state index in [2.05, 4.69) is 12.2 Å². The fourth-order valence-electron chi connectivity index (χ4n) is 4.27. The molecule has 0 bridgehead atoms. The van der Waals surface area contributed by atoms with Crippen molar-refractivity contribution in [3.05, 3.63) is 35.4 Å². The van der Waals surface area contributed by atoms with Gasteiger partial charge in [-0.3, -0.25) is 4.90 Å². The van der Waals surface area contributed by atoms with Crippen molar-refractivity contribution in [2.45, 2.75) is 57.9 Å². The van der Waals surface area contributed by atoms with Crippen molar-refractivity contribution in [1.29, 1.82) is 0 Å². The zero-order valence-electron chi connectivity index (χ0n) is 20.2. The van der Waals surface area contributed by atoms with Gasteiger partial charge in [0.25, 0.3) is 0 Å². The lowest BCUT2D eigenvalue weighted by molar-refractivity contribution is -0.137. The Bertz CT molecular complexity index is 878. The van der Waals surface area contributed by atoms with Gasteiger partial charge in [0.05, 0.1) is 18.0 Å². The van der Waals surface area contributed by atoms with E-state index in [9.17, 15) is 26.4 Å². The van der Waals surface area contributed by atoms with Crippen LogP contribution in [0.15, 0.2) is 24.3 Å². The molecule has 3 unspecified atom stereocenters. The fourth-order valence-corrected chi connectivity index (χ4v) is 4.93. The van der Waals surface area contributed by atoms with E-state index in [-0.39, 0.29) is 30.8 Å². The number of aldehydes is 1. The van der Waals surface area contributed by atoms with Crippen LogP contribution in [0.2, 0.25) is 0 Å². The van der Waals surface area contributed by atoms with Gasteiger partial charge in [-0.05, 0) is 69.3 Å². The number of halogens is 4. The largest absolute Gasteiger partial charge is 0.416 e. The summed E-state index contributed by atoms with van der Waals surface area (Å²) in [5, 5.41) is 3.53. The summed E-state index contributed by atoms with van der Waals surface area (Å²) in [7, 11) is -1.89. The average molecular weight is 528 g/mol. The molecular formula is C23H37ClF3N3O3S. The maximum Gasteiger partial charge on any atom is 0.416 e. The summed E-state index contributed by atoms with van der Waals surface area (Å²) in [6, 6.07) is 5.64. The minimum Gasteiger partial charge on any atom is -0.314 e. The molecule has 11 heteroatoms. The van der Waals surface area contributed by atoms with Crippen molar-refractivity contribution in [2.75, 3.05) is 32.9 Å². The zero-order valence-corrected chi connectivity index (χ0v) is 21.8. The second-order valence-electron chi connectivity index (χ2n) is 9.22. The lowest BCUT2D eigenvalue weighted by atomic mass is 9.92. The molecule has 3 atom stereocenters. The molecule has 1 heterocycles. The third-order valence-corrected chi connectivity index (χ3v) is 8.00. The average Bonchev–Trinajstić information content (AvgIpc) is 2.74. The van der Waals surface area contributed by atoms with Crippen molar-refractivity contribution < 1.29 is 26.4 Å². The first-order valence-corrected chi connectivity index (χ1v) is 13.2. The molecule has 1 saturated heterocycles. The number of carbonyl (C=O) groups excluding carboxylic acids is 1. The summed E-state index contributed by atoms with van der Waals surface area (Å²) in [5.74, 6) is 0.582. The first-order valence-electron chi connectivity index (χ1n) is 11.3. The lowest BCUT2D eigenvalue weighted by Gasteiger charge is -2.40. The van der Waals surface area contributed by atoms with Crippen molar-refractivity contribution >= 4 is 28.7 Å². The number of likely N-dealkylation sites (tertiary alicyclic amines) is 1. The highest BCUT2D eigenvalue weighted by Gasteiger charge is 2.32. The number of hydrogen-bond donors (Lipinski definition) is 1. The van der Waals surface area contributed by atoms with Crippen molar-refractivity contribution in [1.82, 2.24) is 14.5 Å². The molecule has 0 aromatic heterocycles. The molecule has 34 heavy (non-hydrogen) atoms. The first kappa shape index (κ1) is 30.8. The van der Waals surface area contributed by atoms with E-state index in [1.807, 2.05) is 11.8 Å². The normalized spacial score (nSPS) is 18.8.